The van der Waals surface area contributed by atoms with Crippen LogP contribution >= 0.6 is 0 Å². The van der Waals surface area contributed by atoms with Gasteiger partial charge in [-0.15, -0.1) is 0 Å². The molecule has 0 aliphatic carbocycles. The van der Waals surface area contributed by atoms with Crippen LogP contribution < -0.4 is 20.7 Å². The van der Waals surface area contributed by atoms with E-state index >= 15 is 0 Å². The molecule has 18 nitrogen and oxygen atoms in total. The topological polar surface area (TPSA) is 225 Å². The van der Waals surface area contributed by atoms with Crippen molar-refractivity contribution in [3.8, 4) is 5.75 Å². The molecular formula is C37H45F4N5O13. The number of rotatable bonds is 29. The fourth-order valence-corrected chi connectivity index (χ4v) is 5.17. The molecule has 0 radical (unpaired) electrons. The maximum absolute atomic E-state index is 13.6. The Labute approximate surface area is 335 Å². The zero-order valence-corrected chi connectivity index (χ0v) is 31.9. The first-order valence-corrected chi connectivity index (χ1v) is 18.5. The molecule has 2 aliphatic heterocycles. The first-order valence-electron chi connectivity index (χ1n) is 18.5. The number of halogens is 4. The molecule has 1 aromatic rings. The third-order valence-corrected chi connectivity index (χ3v) is 8.18. The van der Waals surface area contributed by atoms with E-state index in [0.717, 1.165) is 29.2 Å². The number of nitrogens with zero attached hydrogens (tertiary/aromatic N) is 2. The number of unbranched alkanes of at least 4 members (excludes halogenated alkanes) is 1. The average Bonchev–Trinajstić information content (AvgIpc) is 3.72. The van der Waals surface area contributed by atoms with E-state index in [1.807, 2.05) is 0 Å². The molecule has 1 atom stereocenters. The van der Waals surface area contributed by atoms with Gasteiger partial charge in [0.1, 0.15) is 6.04 Å². The van der Waals surface area contributed by atoms with E-state index in [1.54, 1.807) is 0 Å². The molecule has 0 saturated heterocycles. The van der Waals surface area contributed by atoms with E-state index in [2.05, 4.69) is 20.7 Å². The molecule has 22 heteroatoms. The van der Waals surface area contributed by atoms with Crippen LogP contribution in [-0.2, 0) is 57.3 Å². The SMILES string of the molecule is O=C(CCN1C(=O)C=CC1=O)N[C@@H](CCCCNCCC(=O)N1C(=O)C=CC1=O)C(=O)NCCOCCOCCOCCOCCC(=O)Oc1c(F)c(F)cc(F)c1F. The average molecular weight is 844 g/mol. The molecule has 0 unspecified atom stereocenters. The molecule has 3 N–H and O–H groups in total. The molecule has 0 spiro atoms. The molecule has 7 amide bonds. The summed E-state index contributed by atoms with van der Waals surface area (Å²) in [5, 5.41) is 8.36. The van der Waals surface area contributed by atoms with Crippen LogP contribution in [0.1, 0.15) is 38.5 Å². The lowest BCUT2D eigenvalue weighted by molar-refractivity contribution is -0.148. The van der Waals surface area contributed by atoms with Crippen LogP contribution in [0, 0.1) is 23.3 Å². The summed E-state index contributed by atoms with van der Waals surface area (Å²) in [7, 11) is 0. The number of esters is 1. The molecule has 59 heavy (non-hydrogen) atoms. The Balaban J connectivity index is 1.23. The van der Waals surface area contributed by atoms with Gasteiger partial charge >= 0.3 is 5.97 Å². The monoisotopic (exact) mass is 843 g/mol. The summed E-state index contributed by atoms with van der Waals surface area (Å²) >= 11 is 0. The number of carbonyl (C=O) groups is 8. The molecule has 0 aromatic heterocycles. The van der Waals surface area contributed by atoms with Crippen molar-refractivity contribution in [3.05, 3.63) is 53.6 Å². The van der Waals surface area contributed by atoms with Crippen LogP contribution in [0.15, 0.2) is 30.4 Å². The van der Waals surface area contributed by atoms with E-state index in [1.165, 1.54) is 0 Å². The van der Waals surface area contributed by atoms with Crippen LogP contribution in [0.4, 0.5) is 17.6 Å². The Kier molecular flexibility index (Phi) is 21.0. The van der Waals surface area contributed by atoms with Crippen LogP contribution in [0.25, 0.3) is 0 Å². The van der Waals surface area contributed by atoms with Crippen molar-refractivity contribution in [1.82, 2.24) is 25.8 Å². The Morgan fingerprint density at radius 2 is 1.17 bits per heavy atom. The Hall–Kier alpha value is -5.42. The number of carbonyl (C=O) groups excluding carboxylic acids is 8. The molecule has 0 saturated carbocycles. The number of amides is 7. The number of hydrogen-bond acceptors (Lipinski definition) is 14. The fourth-order valence-electron chi connectivity index (χ4n) is 5.17. The predicted molar refractivity (Wildman–Crippen MR) is 193 cm³/mol. The lowest BCUT2D eigenvalue weighted by atomic mass is 10.1. The van der Waals surface area contributed by atoms with Gasteiger partial charge in [-0.3, -0.25) is 43.3 Å². The first kappa shape index (κ1) is 48.0. The van der Waals surface area contributed by atoms with Gasteiger partial charge in [-0.1, -0.05) is 0 Å². The Morgan fingerprint density at radius 3 is 1.76 bits per heavy atom. The largest absolute Gasteiger partial charge is 0.420 e. The lowest BCUT2D eigenvalue weighted by Crippen LogP contribution is -2.48. The van der Waals surface area contributed by atoms with E-state index in [-0.39, 0.29) is 97.8 Å². The number of ether oxygens (including phenoxy) is 5. The highest BCUT2D eigenvalue weighted by atomic mass is 19.2. The molecule has 324 valence electrons. The highest BCUT2D eigenvalue weighted by Gasteiger charge is 2.29. The van der Waals surface area contributed by atoms with Crippen molar-refractivity contribution in [1.29, 1.82) is 0 Å². The second-order valence-electron chi connectivity index (χ2n) is 12.5. The van der Waals surface area contributed by atoms with Gasteiger partial charge in [0.25, 0.3) is 23.6 Å². The van der Waals surface area contributed by atoms with Crippen LogP contribution in [-0.4, -0.2) is 142 Å². The maximum Gasteiger partial charge on any atom is 0.313 e. The molecule has 2 heterocycles. The summed E-state index contributed by atoms with van der Waals surface area (Å²) < 4.78 is 79.3. The molecule has 0 bridgehead atoms. The van der Waals surface area contributed by atoms with Crippen molar-refractivity contribution >= 4 is 47.3 Å². The minimum atomic E-state index is -1.83. The number of hydrogen-bond donors (Lipinski definition) is 3. The van der Waals surface area contributed by atoms with E-state index in [9.17, 15) is 55.9 Å². The Morgan fingerprint density at radius 1 is 0.627 bits per heavy atom. The Bertz CT molecular complexity index is 1680. The molecule has 2 aliphatic rings. The van der Waals surface area contributed by atoms with Gasteiger partial charge in [-0.25, -0.2) is 13.7 Å². The molecule has 1 aromatic carbocycles. The van der Waals surface area contributed by atoms with Crippen molar-refractivity contribution < 1.29 is 79.6 Å². The lowest BCUT2D eigenvalue weighted by Gasteiger charge is -2.20. The van der Waals surface area contributed by atoms with E-state index in [0.29, 0.717) is 24.3 Å². The van der Waals surface area contributed by atoms with Gasteiger partial charge < -0.3 is 39.6 Å². The zero-order chi connectivity index (χ0) is 43.2. The zero-order valence-electron chi connectivity index (χ0n) is 31.9. The molecular weight excluding hydrogens is 798 g/mol. The fraction of sp³-hybridized carbons (Fsp3) is 0.514. The standard InChI is InChI=1S/C37H45F4N5O13/c38-24-23-25(39)35(41)36(34(24)40)59-33(53)10-15-55-17-19-57-21-22-58-20-18-56-16-13-43-37(54)26(44-27(47)9-14-45-28(48)4-5-29(45)49)3-1-2-11-42-12-8-32(52)46-30(50)6-7-31(46)51/h4-7,23,26,42H,1-3,8-22H2,(H,43,54)(H,44,47)/t26-/m0/s1. The van der Waals surface area contributed by atoms with Gasteiger partial charge in [0.2, 0.25) is 35.1 Å². The smallest absolute Gasteiger partial charge is 0.313 e. The van der Waals surface area contributed by atoms with E-state index in [4.69, 9.17) is 18.9 Å². The van der Waals surface area contributed by atoms with Gasteiger partial charge in [0.15, 0.2) is 11.6 Å². The number of imide groups is 4. The van der Waals surface area contributed by atoms with Crippen molar-refractivity contribution in [2.24, 2.45) is 0 Å². The highest BCUT2D eigenvalue weighted by Crippen LogP contribution is 2.26. The normalized spacial score (nSPS) is 14.1. The minimum Gasteiger partial charge on any atom is -0.420 e. The van der Waals surface area contributed by atoms with Crippen LogP contribution in [0.5, 0.6) is 5.75 Å². The first-order chi connectivity index (χ1) is 28.3. The summed E-state index contributed by atoms with van der Waals surface area (Å²) in [6.07, 6.45) is 4.80. The van der Waals surface area contributed by atoms with Crippen molar-refractivity contribution in [3.63, 3.8) is 0 Å². The second kappa shape index (κ2) is 25.8. The predicted octanol–water partition coefficient (Wildman–Crippen LogP) is 0.123. The summed E-state index contributed by atoms with van der Waals surface area (Å²) in [6.45, 7) is 1.48. The number of nitrogens with one attached hydrogen (secondary N) is 3. The van der Waals surface area contributed by atoms with Crippen LogP contribution in [0.2, 0.25) is 0 Å². The van der Waals surface area contributed by atoms with Gasteiger partial charge in [-0.2, -0.15) is 8.78 Å². The summed E-state index contributed by atoms with van der Waals surface area (Å²) in [5.74, 6) is -13.8. The summed E-state index contributed by atoms with van der Waals surface area (Å²) in [5.41, 5.74) is 0. The minimum absolute atomic E-state index is 0.0100. The van der Waals surface area contributed by atoms with Crippen molar-refractivity contribution in [2.75, 3.05) is 79.0 Å². The summed E-state index contributed by atoms with van der Waals surface area (Å²) in [4.78, 5) is 97.8. The third kappa shape index (κ3) is 16.8. The van der Waals surface area contributed by atoms with E-state index < -0.39 is 88.8 Å². The van der Waals surface area contributed by atoms with Gasteiger partial charge in [0, 0.05) is 62.8 Å². The molecule has 3 rings (SSSR count). The van der Waals surface area contributed by atoms with Crippen molar-refractivity contribution in [2.45, 2.75) is 44.6 Å². The second-order valence-corrected chi connectivity index (χ2v) is 12.5. The number of benzene rings is 1. The quantitative estimate of drug-likeness (QED) is 0.0244. The third-order valence-electron chi connectivity index (χ3n) is 8.18. The van der Waals surface area contributed by atoms with Gasteiger partial charge in [-0.05, 0) is 25.8 Å². The summed E-state index contributed by atoms with van der Waals surface area (Å²) in [6, 6.07) is -0.947. The van der Waals surface area contributed by atoms with Crippen LogP contribution in [0.3, 0.4) is 0 Å². The maximum atomic E-state index is 13.6. The highest BCUT2D eigenvalue weighted by molar-refractivity contribution is 6.22. The van der Waals surface area contributed by atoms with Gasteiger partial charge in [0.05, 0.1) is 59.3 Å². The molecule has 0 fully saturated rings.